The molecule has 2 aromatic rings. The van der Waals surface area contributed by atoms with Crippen molar-refractivity contribution in [3.05, 3.63) is 16.8 Å². The van der Waals surface area contributed by atoms with Gasteiger partial charge in [-0.1, -0.05) is 0 Å². The number of hydrogen-bond donors (Lipinski definition) is 0. The van der Waals surface area contributed by atoms with E-state index in [4.69, 9.17) is 4.98 Å². The Labute approximate surface area is 122 Å². The maximum absolute atomic E-state index is 4.74. The fraction of sp³-hybridized carbons (Fsp3) is 0.571. The first-order chi connectivity index (χ1) is 8.96. The summed E-state index contributed by atoms with van der Waals surface area (Å²) >= 11 is 3.78. The summed E-state index contributed by atoms with van der Waals surface area (Å²) in [4.78, 5) is 12.9. The van der Waals surface area contributed by atoms with Crippen LogP contribution in [0.1, 0.15) is 25.2 Å². The van der Waals surface area contributed by atoms with Crippen molar-refractivity contribution in [3.8, 4) is 0 Å². The summed E-state index contributed by atoms with van der Waals surface area (Å²) in [6.07, 6.45) is 0. The van der Waals surface area contributed by atoms with E-state index in [0.717, 1.165) is 29.6 Å². The van der Waals surface area contributed by atoms with Gasteiger partial charge in [-0.05, 0) is 38.6 Å². The summed E-state index contributed by atoms with van der Waals surface area (Å²) in [6, 6.07) is 0. The van der Waals surface area contributed by atoms with E-state index in [1.165, 1.54) is 16.7 Å². The van der Waals surface area contributed by atoms with Crippen molar-refractivity contribution >= 4 is 39.1 Å². The number of aryl methyl sites for hydroxylation is 2. The highest BCUT2D eigenvalue weighted by Crippen LogP contribution is 2.36. The van der Waals surface area contributed by atoms with Crippen LogP contribution in [0.2, 0.25) is 0 Å². The predicted molar refractivity (Wildman–Crippen MR) is 85.6 cm³/mol. The van der Waals surface area contributed by atoms with Crippen molar-refractivity contribution in [1.82, 2.24) is 9.97 Å². The zero-order chi connectivity index (χ0) is 13.6. The Morgan fingerprint density at radius 1 is 1.26 bits per heavy atom. The van der Waals surface area contributed by atoms with Gasteiger partial charge >= 0.3 is 0 Å². The Bertz CT molecular complexity index is 618. The molecule has 0 atom stereocenters. The molecule has 0 aromatic carbocycles. The third-order valence-corrected chi connectivity index (χ3v) is 5.72. The zero-order valence-corrected chi connectivity index (χ0v) is 13.5. The molecule has 0 radical (unpaired) electrons. The average molecular weight is 293 g/mol. The molecule has 0 amide bonds. The average Bonchev–Trinajstić information content (AvgIpc) is 2.68. The number of thioether (sulfide) groups is 1. The molecule has 2 aromatic heterocycles. The van der Waals surface area contributed by atoms with Crippen LogP contribution in [0, 0.1) is 13.8 Å². The molecule has 0 aliphatic carbocycles. The SMILES string of the molecule is Cc1nc(N2CCSC(C)(C)C2)c2c(C)csc2n1. The van der Waals surface area contributed by atoms with E-state index in [2.05, 4.69) is 47.8 Å². The molecule has 0 unspecified atom stereocenters. The van der Waals surface area contributed by atoms with Crippen LogP contribution in [0.15, 0.2) is 5.38 Å². The first-order valence-corrected chi connectivity index (χ1v) is 8.44. The predicted octanol–water partition coefficient (Wildman–Crippen LogP) is 3.64. The van der Waals surface area contributed by atoms with Gasteiger partial charge in [-0.3, -0.25) is 0 Å². The molecule has 1 fully saturated rings. The van der Waals surface area contributed by atoms with Crippen LogP contribution >= 0.6 is 23.1 Å². The fourth-order valence-electron chi connectivity index (χ4n) is 2.59. The molecule has 3 nitrogen and oxygen atoms in total. The fourth-order valence-corrected chi connectivity index (χ4v) is 4.66. The summed E-state index contributed by atoms with van der Waals surface area (Å²) in [5.74, 6) is 3.18. The van der Waals surface area contributed by atoms with Crippen LogP contribution in [0.4, 0.5) is 5.82 Å². The molecule has 5 heteroatoms. The van der Waals surface area contributed by atoms with Crippen LogP contribution < -0.4 is 4.90 Å². The lowest BCUT2D eigenvalue weighted by Crippen LogP contribution is -2.43. The Hall–Kier alpha value is -0.810. The van der Waals surface area contributed by atoms with E-state index in [1.807, 2.05) is 6.92 Å². The van der Waals surface area contributed by atoms with Gasteiger partial charge in [0.15, 0.2) is 0 Å². The molecule has 3 rings (SSSR count). The zero-order valence-electron chi connectivity index (χ0n) is 11.9. The van der Waals surface area contributed by atoms with E-state index >= 15 is 0 Å². The van der Waals surface area contributed by atoms with Crippen LogP contribution in [0.3, 0.4) is 0 Å². The maximum Gasteiger partial charge on any atom is 0.141 e. The van der Waals surface area contributed by atoms with Crippen LogP contribution in [-0.4, -0.2) is 33.6 Å². The van der Waals surface area contributed by atoms with Gasteiger partial charge < -0.3 is 4.90 Å². The molecule has 0 N–H and O–H groups in total. The van der Waals surface area contributed by atoms with Crippen molar-refractivity contribution < 1.29 is 0 Å². The molecule has 3 heterocycles. The van der Waals surface area contributed by atoms with Gasteiger partial charge in [-0.25, -0.2) is 9.97 Å². The van der Waals surface area contributed by atoms with Gasteiger partial charge in [-0.2, -0.15) is 11.8 Å². The lowest BCUT2D eigenvalue weighted by atomic mass is 10.1. The molecular weight excluding hydrogens is 274 g/mol. The summed E-state index contributed by atoms with van der Waals surface area (Å²) in [5.41, 5.74) is 1.30. The molecular formula is C14H19N3S2. The molecule has 19 heavy (non-hydrogen) atoms. The van der Waals surface area contributed by atoms with Crippen LogP contribution in [0.5, 0.6) is 0 Å². The highest BCUT2D eigenvalue weighted by atomic mass is 32.2. The quantitative estimate of drug-likeness (QED) is 0.802. The molecule has 1 saturated heterocycles. The van der Waals surface area contributed by atoms with Gasteiger partial charge in [0.05, 0.1) is 5.39 Å². The van der Waals surface area contributed by atoms with Crippen molar-refractivity contribution in [1.29, 1.82) is 0 Å². The molecule has 1 aliphatic rings. The third-order valence-electron chi connectivity index (χ3n) is 3.44. The van der Waals surface area contributed by atoms with E-state index in [1.54, 1.807) is 11.3 Å². The number of thiophene rings is 1. The minimum absolute atomic E-state index is 0.299. The number of aromatic nitrogens is 2. The van der Waals surface area contributed by atoms with Gasteiger partial charge in [0.1, 0.15) is 16.5 Å². The van der Waals surface area contributed by atoms with Crippen LogP contribution in [0.25, 0.3) is 10.2 Å². The Morgan fingerprint density at radius 2 is 2.05 bits per heavy atom. The smallest absolute Gasteiger partial charge is 0.141 e. The summed E-state index contributed by atoms with van der Waals surface area (Å²) < 4.78 is 0.299. The van der Waals surface area contributed by atoms with E-state index < -0.39 is 0 Å². The lowest BCUT2D eigenvalue weighted by Gasteiger charge is -2.38. The number of rotatable bonds is 1. The number of nitrogens with zero attached hydrogens (tertiary/aromatic N) is 3. The third kappa shape index (κ3) is 2.46. The summed E-state index contributed by atoms with van der Waals surface area (Å²) in [7, 11) is 0. The normalized spacial score (nSPS) is 19.1. The number of hydrogen-bond acceptors (Lipinski definition) is 5. The number of anilines is 1. The summed E-state index contributed by atoms with van der Waals surface area (Å²) in [6.45, 7) is 10.9. The second kappa shape index (κ2) is 4.63. The topological polar surface area (TPSA) is 29.0 Å². The van der Waals surface area contributed by atoms with Crippen molar-refractivity contribution in [2.45, 2.75) is 32.4 Å². The minimum atomic E-state index is 0.299. The first kappa shape index (κ1) is 13.2. The highest BCUT2D eigenvalue weighted by Gasteiger charge is 2.29. The van der Waals surface area contributed by atoms with E-state index in [0.29, 0.717) is 4.75 Å². The second-order valence-corrected chi connectivity index (χ2v) is 8.38. The van der Waals surface area contributed by atoms with Crippen molar-refractivity contribution in [3.63, 3.8) is 0 Å². The largest absolute Gasteiger partial charge is 0.354 e. The van der Waals surface area contributed by atoms with E-state index in [-0.39, 0.29) is 0 Å². The molecule has 102 valence electrons. The Balaban J connectivity index is 2.11. The second-order valence-electron chi connectivity index (χ2n) is 5.72. The Morgan fingerprint density at radius 3 is 2.79 bits per heavy atom. The van der Waals surface area contributed by atoms with Gasteiger partial charge in [0.25, 0.3) is 0 Å². The van der Waals surface area contributed by atoms with Gasteiger partial charge in [0.2, 0.25) is 0 Å². The minimum Gasteiger partial charge on any atom is -0.354 e. The Kier molecular flexibility index (Phi) is 3.21. The maximum atomic E-state index is 4.74. The van der Waals surface area contributed by atoms with Crippen molar-refractivity contribution in [2.75, 3.05) is 23.7 Å². The van der Waals surface area contributed by atoms with Crippen molar-refractivity contribution in [2.24, 2.45) is 0 Å². The first-order valence-electron chi connectivity index (χ1n) is 6.58. The summed E-state index contributed by atoms with van der Waals surface area (Å²) in [5, 5.41) is 3.44. The van der Waals surface area contributed by atoms with Gasteiger partial charge in [0, 0.05) is 23.6 Å². The lowest BCUT2D eigenvalue weighted by molar-refractivity contribution is 0.643. The molecule has 1 aliphatic heterocycles. The standard InChI is InChI=1S/C14H19N3S2/c1-9-7-18-13-11(9)12(15-10(2)16-13)17-5-6-19-14(3,4)8-17/h7H,5-6,8H2,1-4H3. The van der Waals surface area contributed by atoms with Crippen LogP contribution in [-0.2, 0) is 0 Å². The molecule has 0 saturated carbocycles. The monoisotopic (exact) mass is 293 g/mol. The van der Waals surface area contributed by atoms with E-state index in [9.17, 15) is 0 Å². The highest BCUT2D eigenvalue weighted by molar-refractivity contribution is 8.00. The molecule has 0 spiro atoms. The number of fused-ring (bicyclic) bond motifs is 1. The van der Waals surface area contributed by atoms with Gasteiger partial charge in [-0.15, -0.1) is 11.3 Å². The molecule has 0 bridgehead atoms.